The van der Waals surface area contributed by atoms with E-state index in [1.54, 1.807) is 0 Å². The van der Waals surface area contributed by atoms with Crippen LogP contribution >= 0.6 is 0 Å². The lowest BCUT2D eigenvalue weighted by molar-refractivity contribution is 0.311. The number of benzene rings is 1. The molecule has 0 N–H and O–H groups in total. The zero-order chi connectivity index (χ0) is 13.4. The van der Waals surface area contributed by atoms with E-state index in [0.717, 1.165) is 0 Å². The molecule has 2 rings (SSSR count). The van der Waals surface area contributed by atoms with Crippen LogP contribution in [-0.2, 0) is 10.3 Å². The summed E-state index contributed by atoms with van der Waals surface area (Å²) >= 11 is 0. The molecule has 0 aromatic heterocycles. The Morgan fingerprint density at radius 3 is 2.22 bits per heavy atom. The molecule has 1 fully saturated rings. The molecule has 2 atom stereocenters. The van der Waals surface area contributed by atoms with E-state index in [2.05, 4.69) is 75.6 Å². The van der Waals surface area contributed by atoms with Crippen LogP contribution in [0.4, 0.5) is 0 Å². The molecule has 0 bridgehead atoms. The van der Waals surface area contributed by atoms with Crippen molar-refractivity contribution in [2.24, 2.45) is 5.92 Å². The van der Waals surface area contributed by atoms with E-state index in [-0.39, 0.29) is 5.60 Å². The van der Waals surface area contributed by atoms with Crippen molar-refractivity contribution in [3.8, 4) is 0 Å². The van der Waals surface area contributed by atoms with Gasteiger partial charge in [-0.2, -0.15) is 0 Å². The average molecular weight is 260 g/mol. The summed E-state index contributed by atoms with van der Waals surface area (Å²) in [6.45, 7) is 11.5. The number of rotatable bonds is 4. The van der Waals surface area contributed by atoms with Crippen molar-refractivity contribution in [2.75, 3.05) is 0 Å². The van der Waals surface area contributed by atoms with Gasteiger partial charge in [0.05, 0.1) is 14.2 Å². The highest BCUT2D eigenvalue weighted by atomic mass is 28.3. The zero-order valence-corrected chi connectivity index (χ0v) is 13.1. The minimum absolute atomic E-state index is 0.157. The van der Waals surface area contributed by atoms with E-state index in [9.17, 15) is 0 Å². The minimum Gasteiger partial charge on any atom is -0.356 e. The Labute approximate surface area is 112 Å². The van der Waals surface area contributed by atoms with Crippen molar-refractivity contribution in [3.05, 3.63) is 47.7 Å². The first-order chi connectivity index (χ1) is 8.35. The molecule has 98 valence electrons. The van der Waals surface area contributed by atoms with Crippen LogP contribution in [0.3, 0.4) is 0 Å². The summed E-state index contributed by atoms with van der Waals surface area (Å²) in [7, 11) is -1.18. The highest BCUT2D eigenvalue weighted by molar-refractivity contribution is 6.80. The van der Waals surface area contributed by atoms with E-state index in [4.69, 9.17) is 4.74 Å². The van der Waals surface area contributed by atoms with Gasteiger partial charge in [-0.25, -0.2) is 0 Å². The van der Waals surface area contributed by atoms with Crippen molar-refractivity contribution in [1.82, 2.24) is 0 Å². The van der Waals surface area contributed by atoms with E-state index in [1.807, 2.05) is 0 Å². The third-order valence-corrected chi connectivity index (χ3v) is 4.52. The summed E-state index contributed by atoms with van der Waals surface area (Å²) in [5, 5.41) is 0. The Bertz CT molecular complexity index is 430. The third kappa shape index (κ3) is 2.75. The van der Waals surface area contributed by atoms with Gasteiger partial charge in [0.25, 0.3) is 0 Å². The number of hydrogen-bond donors (Lipinski definition) is 0. The van der Waals surface area contributed by atoms with Crippen LogP contribution < -0.4 is 0 Å². The molecule has 0 spiro atoms. The van der Waals surface area contributed by atoms with Crippen molar-refractivity contribution in [3.63, 3.8) is 0 Å². The smallest absolute Gasteiger partial charge is 0.138 e. The van der Waals surface area contributed by atoms with Gasteiger partial charge < -0.3 is 4.74 Å². The standard InChI is InChI=1S/C16H24OSi/c1-13(2)15-16(17-15,11-12-18(3,4)5)14-9-7-6-8-10-14/h6-13,15H,1-5H3/b12-11+/t15-,16+/m1/s1. The maximum Gasteiger partial charge on any atom is 0.138 e. The molecule has 2 heteroatoms. The van der Waals surface area contributed by atoms with Crippen molar-refractivity contribution in [2.45, 2.75) is 45.2 Å². The number of ether oxygens (including phenoxy) is 1. The molecule has 0 unspecified atom stereocenters. The van der Waals surface area contributed by atoms with Gasteiger partial charge >= 0.3 is 0 Å². The quantitative estimate of drug-likeness (QED) is 0.578. The van der Waals surface area contributed by atoms with Crippen molar-refractivity contribution >= 4 is 8.07 Å². The molecule has 1 aliphatic rings. The fourth-order valence-corrected chi connectivity index (χ4v) is 3.09. The lowest BCUT2D eigenvalue weighted by Gasteiger charge is -2.14. The normalized spacial score (nSPS) is 28.0. The van der Waals surface area contributed by atoms with Crippen LogP contribution in [0.5, 0.6) is 0 Å². The van der Waals surface area contributed by atoms with E-state index in [0.29, 0.717) is 12.0 Å². The second-order valence-electron chi connectivity index (χ2n) is 6.64. The molecule has 0 radical (unpaired) electrons. The maximum atomic E-state index is 6.08. The maximum absolute atomic E-state index is 6.08. The Morgan fingerprint density at radius 1 is 1.17 bits per heavy atom. The molecule has 1 aromatic rings. The number of epoxide rings is 1. The van der Waals surface area contributed by atoms with Crippen LogP contribution in [0.2, 0.25) is 19.6 Å². The van der Waals surface area contributed by atoms with Crippen LogP contribution in [-0.4, -0.2) is 14.2 Å². The van der Waals surface area contributed by atoms with Gasteiger partial charge in [0.2, 0.25) is 0 Å². The largest absolute Gasteiger partial charge is 0.356 e. The van der Waals surface area contributed by atoms with E-state index >= 15 is 0 Å². The first-order valence-corrected chi connectivity index (χ1v) is 10.4. The van der Waals surface area contributed by atoms with Gasteiger partial charge in [0.1, 0.15) is 5.60 Å². The molecular weight excluding hydrogens is 236 g/mol. The summed E-state index contributed by atoms with van der Waals surface area (Å²) in [6, 6.07) is 10.6. The molecule has 18 heavy (non-hydrogen) atoms. The molecule has 1 heterocycles. The highest BCUT2D eigenvalue weighted by Gasteiger charge is 2.57. The van der Waals surface area contributed by atoms with Crippen molar-refractivity contribution in [1.29, 1.82) is 0 Å². The van der Waals surface area contributed by atoms with Crippen LogP contribution in [0, 0.1) is 5.92 Å². The fourth-order valence-electron chi connectivity index (χ4n) is 2.34. The predicted octanol–water partition coefficient (Wildman–Crippen LogP) is 4.37. The molecule has 0 amide bonds. The summed E-state index contributed by atoms with van der Waals surface area (Å²) in [5.41, 5.74) is 3.54. The van der Waals surface area contributed by atoms with Gasteiger partial charge in [-0.1, -0.05) is 75.6 Å². The first kappa shape index (κ1) is 13.6. The van der Waals surface area contributed by atoms with Crippen LogP contribution in [0.25, 0.3) is 0 Å². The summed E-state index contributed by atoms with van der Waals surface area (Å²) < 4.78 is 6.08. The molecule has 1 nitrogen and oxygen atoms in total. The molecule has 0 saturated carbocycles. The van der Waals surface area contributed by atoms with Gasteiger partial charge in [-0.05, 0) is 11.5 Å². The first-order valence-electron chi connectivity index (χ1n) is 6.79. The van der Waals surface area contributed by atoms with Gasteiger partial charge in [-0.3, -0.25) is 0 Å². The zero-order valence-electron chi connectivity index (χ0n) is 12.1. The van der Waals surface area contributed by atoms with Gasteiger partial charge in [-0.15, -0.1) is 0 Å². The van der Waals surface area contributed by atoms with E-state index < -0.39 is 8.07 Å². The average Bonchev–Trinajstić information content (AvgIpc) is 3.03. The van der Waals surface area contributed by atoms with Gasteiger partial charge in [0.15, 0.2) is 0 Å². The highest BCUT2D eigenvalue weighted by Crippen LogP contribution is 2.51. The van der Waals surface area contributed by atoms with Crippen molar-refractivity contribution < 1.29 is 4.74 Å². The van der Waals surface area contributed by atoms with Crippen LogP contribution in [0.15, 0.2) is 42.1 Å². The topological polar surface area (TPSA) is 12.5 Å². The Balaban J connectivity index is 2.31. The Morgan fingerprint density at radius 2 is 1.78 bits per heavy atom. The van der Waals surface area contributed by atoms with E-state index in [1.165, 1.54) is 5.56 Å². The van der Waals surface area contributed by atoms with Gasteiger partial charge in [0, 0.05) is 0 Å². The lowest BCUT2D eigenvalue weighted by Crippen LogP contribution is -2.19. The number of hydrogen-bond acceptors (Lipinski definition) is 1. The van der Waals surface area contributed by atoms with Crippen LogP contribution in [0.1, 0.15) is 19.4 Å². The second-order valence-corrected chi connectivity index (χ2v) is 11.7. The molecular formula is C16H24OSi. The molecule has 1 aromatic carbocycles. The Hall–Kier alpha value is -0.863. The SMILES string of the molecule is CC(C)[C@H]1O[C@@]1(/C=C/[Si](C)(C)C)c1ccccc1. The molecule has 0 aliphatic carbocycles. The second kappa shape index (κ2) is 4.67. The lowest BCUT2D eigenvalue weighted by atomic mass is 9.90. The Kier molecular flexibility index (Phi) is 3.52. The summed E-state index contributed by atoms with van der Waals surface area (Å²) in [6.07, 6.45) is 2.65. The molecule has 1 saturated heterocycles. The summed E-state index contributed by atoms with van der Waals surface area (Å²) in [5.74, 6) is 0.552. The fraction of sp³-hybridized carbons (Fsp3) is 0.500. The molecule has 1 aliphatic heterocycles. The minimum atomic E-state index is -1.18. The monoisotopic (exact) mass is 260 g/mol. The summed E-state index contributed by atoms with van der Waals surface area (Å²) in [4.78, 5) is 0. The predicted molar refractivity (Wildman–Crippen MR) is 80.3 cm³/mol. The third-order valence-electron chi connectivity index (χ3n) is 3.35.